The number of nitrogens with one attached hydrogen (secondary N) is 1. The van der Waals surface area contributed by atoms with Crippen LogP contribution in [0, 0.1) is 0 Å². The molecule has 0 spiro atoms. The minimum absolute atomic E-state index is 0.227. The standard InChI is InChI=1S/C17H25N3O2/c1-5-9-20-10-8-13-6-7-14(11-15(13)20)18-16(21)19(4)12-17(2,3)22/h6-8,10-11,22H,5,9,12H2,1-4H3,(H,18,21). The molecule has 2 N–H and O–H groups in total. The number of rotatable bonds is 5. The second-order valence-electron chi connectivity index (χ2n) is 6.38. The fourth-order valence-corrected chi connectivity index (χ4v) is 2.57. The number of hydrogen-bond donors (Lipinski definition) is 2. The molecule has 0 atom stereocenters. The Morgan fingerprint density at radius 3 is 2.73 bits per heavy atom. The number of anilines is 1. The van der Waals surface area contributed by atoms with Gasteiger partial charge < -0.3 is 19.9 Å². The second-order valence-corrected chi connectivity index (χ2v) is 6.38. The lowest BCUT2D eigenvalue weighted by atomic mass is 10.1. The Balaban J connectivity index is 2.14. The predicted molar refractivity (Wildman–Crippen MR) is 90.2 cm³/mol. The molecule has 5 heteroatoms. The second kappa shape index (κ2) is 6.40. The highest BCUT2D eigenvalue weighted by Gasteiger charge is 2.19. The van der Waals surface area contributed by atoms with Crippen LogP contribution in [-0.2, 0) is 6.54 Å². The molecule has 0 saturated heterocycles. The molecule has 0 radical (unpaired) electrons. The third-order valence-corrected chi connectivity index (χ3v) is 3.46. The molecule has 1 heterocycles. The SMILES string of the molecule is CCCn1ccc2ccc(NC(=O)N(C)CC(C)(C)O)cc21. The van der Waals surface area contributed by atoms with Gasteiger partial charge in [-0.25, -0.2) is 4.79 Å². The van der Waals surface area contributed by atoms with Crippen LogP contribution in [0.5, 0.6) is 0 Å². The lowest BCUT2D eigenvalue weighted by Crippen LogP contribution is -2.41. The van der Waals surface area contributed by atoms with Crippen LogP contribution < -0.4 is 5.32 Å². The first-order valence-corrected chi connectivity index (χ1v) is 7.63. The van der Waals surface area contributed by atoms with E-state index in [1.807, 2.05) is 18.2 Å². The molecule has 1 aromatic heterocycles. The number of urea groups is 1. The van der Waals surface area contributed by atoms with E-state index in [4.69, 9.17) is 0 Å². The molecule has 2 amide bonds. The Morgan fingerprint density at radius 1 is 1.36 bits per heavy atom. The van der Waals surface area contributed by atoms with Crippen molar-refractivity contribution in [3.63, 3.8) is 0 Å². The molecule has 120 valence electrons. The number of hydrogen-bond acceptors (Lipinski definition) is 2. The summed E-state index contributed by atoms with van der Waals surface area (Å²) >= 11 is 0. The Kier molecular flexibility index (Phi) is 4.76. The molecule has 0 aliphatic carbocycles. The normalized spacial score (nSPS) is 11.7. The summed E-state index contributed by atoms with van der Waals surface area (Å²) < 4.78 is 2.19. The molecule has 5 nitrogen and oxygen atoms in total. The van der Waals surface area contributed by atoms with Crippen LogP contribution in [0.15, 0.2) is 30.5 Å². The highest BCUT2D eigenvalue weighted by Crippen LogP contribution is 2.21. The van der Waals surface area contributed by atoms with E-state index in [2.05, 4.69) is 29.1 Å². The van der Waals surface area contributed by atoms with Gasteiger partial charge in [0.2, 0.25) is 0 Å². The van der Waals surface area contributed by atoms with E-state index in [1.165, 1.54) is 4.90 Å². The van der Waals surface area contributed by atoms with Crippen molar-refractivity contribution in [2.75, 3.05) is 18.9 Å². The van der Waals surface area contributed by atoms with Crippen LogP contribution >= 0.6 is 0 Å². The third-order valence-electron chi connectivity index (χ3n) is 3.46. The fourth-order valence-electron chi connectivity index (χ4n) is 2.57. The van der Waals surface area contributed by atoms with Crippen molar-refractivity contribution in [2.24, 2.45) is 0 Å². The van der Waals surface area contributed by atoms with Gasteiger partial charge in [-0.2, -0.15) is 0 Å². The number of likely N-dealkylation sites (N-methyl/N-ethyl adjacent to an activating group) is 1. The van der Waals surface area contributed by atoms with E-state index in [1.54, 1.807) is 20.9 Å². The number of amides is 2. The van der Waals surface area contributed by atoms with Gasteiger partial charge in [-0.05, 0) is 43.9 Å². The van der Waals surface area contributed by atoms with Crippen LogP contribution in [0.4, 0.5) is 10.5 Å². The van der Waals surface area contributed by atoms with Crippen molar-refractivity contribution in [1.82, 2.24) is 9.47 Å². The van der Waals surface area contributed by atoms with E-state index in [0.29, 0.717) is 0 Å². The molecule has 2 rings (SSSR count). The molecular weight excluding hydrogens is 278 g/mol. The van der Waals surface area contributed by atoms with Crippen molar-refractivity contribution in [3.05, 3.63) is 30.5 Å². The van der Waals surface area contributed by atoms with Crippen molar-refractivity contribution >= 4 is 22.6 Å². The van der Waals surface area contributed by atoms with E-state index in [0.717, 1.165) is 29.6 Å². The van der Waals surface area contributed by atoms with Gasteiger partial charge in [0.05, 0.1) is 17.7 Å². The van der Waals surface area contributed by atoms with E-state index >= 15 is 0 Å². The molecule has 0 bridgehead atoms. The molecule has 0 unspecified atom stereocenters. The zero-order chi connectivity index (χ0) is 16.3. The summed E-state index contributed by atoms with van der Waals surface area (Å²) in [6, 6.07) is 7.74. The molecule has 2 aromatic rings. The summed E-state index contributed by atoms with van der Waals surface area (Å²) in [5.74, 6) is 0. The summed E-state index contributed by atoms with van der Waals surface area (Å²) in [6.07, 6.45) is 3.13. The number of nitrogens with zero attached hydrogens (tertiary/aromatic N) is 2. The molecule has 1 aromatic carbocycles. The van der Waals surface area contributed by atoms with Crippen LogP contribution in [0.25, 0.3) is 10.9 Å². The number of benzene rings is 1. The number of aryl methyl sites for hydroxylation is 1. The zero-order valence-electron chi connectivity index (χ0n) is 13.8. The van der Waals surface area contributed by atoms with Gasteiger partial charge in [0.1, 0.15) is 0 Å². The van der Waals surface area contributed by atoms with Gasteiger partial charge in [0.15, 0.2) is 0 Å². The minimum atomic E-state index is -0.911. The maximum Gasteiger partial charge on any atom is 0.321 e. The molecule has 0 aliphatic rings. The summed E-state index contributed by atoms with van der Waals surface area (Å²) in [7, 11) is 1.67. The number of carbonyl (C=O) groups is 1. The van der Waals surface area contributed by atoms with E-state index < -0.39 is 5.60 Å². The number of carbonyl (C=O) groups excluding carboxylic acids is 1. The lowest BCUT2D eigenvalue weighted by molar-refractivity contribution is 0.0550. The van der Waals surface area contributed by atoms with Crippen LogP contribution in [-0.4, -0.2) is 39.8 Å². The number of aromatic nitrogens is 1. The average Bonchev–Trinajstić information content (AvgIpc) is 2.80. The predicted octanol–water partition coefficient (Wildman–Crippen LogP) is 3.29. The Labute approximate surface area is 131 Å². The van der Waals surface area contributed by atoms with Gasteiger partial charge in [-0.3, -0.25) is 0 Å². The van der Waals surface area contributed by atoms with Gasteiger partial charge in [0.25, 0.3) is 0 Å². The lowest BCUT2D eigenvalue weighted by Gasteiger charge is -2.25. The Hall–Kier alpha value is -2.01. The van der Waals surface area contributed by atoms with Crippen molar-refractivity contribution < 1.29 is 9.90 Å². The third kappa shape index (κ3) is 4.01. The minimum Gasteiger partial charge on any atom is -0.389 e. The summed E-state index contributed by atoms with van der Waals surface area (Å²) in [5, 5.41) is 13.8. The van der Waals surface area contributed by atoms with Gasteiger partial charge in [-0.1, -0.05) is 13.0 Å². The van der Waals surface area contributed by atoms with E-state index in [-0.39, 0.29) is 12.6 Å². The van der Waals surface area contributed by atoms with Crippen molar-refractivity contribution in [3.8, 4) is 0 Å². The summed E-state index contributed by atoms with van der Waals surface area (Å²) in [4.78, 5) is 13.7. The number of fused-ring (bicyclic) bond motifs is 1. The van der Waals surface area contributed by atoms with Crippen LogP contribution in [0.1, 0.15) is 27.2 Å². The highest BCUT2D eigenvalue weighted by molar-refractivity contribution is 5.92. The maximum absolute atomic E-state index is 12.2. The zero-order valence-corrected chi connectivity index (χ0v) is 13.8. The molecule has 22 heavy (non-hydrogen) atoms. The summed E-state index contributed by atoms with van der Waals surface area (Å²) in [6.45, 7) is 6.73. The molecule has 0 aliphatic heterocycles. The Morgan fingerprint density at radius 2 is 2.09 bits per heavy atom. The molecule has 0 saturated carbocycles. The molecule has 0 fully saturated rings. The monoisotopic (exact) mass is 303 g/mol. The fraction of sp³-hybridized carbons (Fsp3) is 0.471. The highest BCUT2D eigenvalue weighted by atomic mass is 16.3. The first kappa shape index (κ1) is 16.4. The number of aliphatic hydroxyl groups is 1. The maximum atomic E-state index is 12.2. The van der Waals surface area contributed by atoms with E-state index in [9.17, 15) is 9.90 Å². The van der Waals surface area contributed by atoms with Gasteiger partial charge in [0, 0.05) is 25.5 Å². The van der Waals surface area contributed by atoms with Gasteiger partial charge >= 0.3 is 6.03 Å². The topological polar surface area (TPSA) is 57.5 Å². The van der Waals surface area contributed by atoms with Gasteiger partial charge in [-0.15, -0.1) is 0 Å². The summed E-state index contributed by atoms with van der Waals surface area (Å²) in [5.41, 5.74) is 0.965. The van der Waals surface area contributed by atoms with Crippen molar-refractivity contribution in [1.29, 1.82) is 0 Å². The van der Waals surface area contributed by atoms with Crippen LogP contribution in [0.3, 0.4) is 0 Å². The largest absolute Gasteiger partial charge is 0.389 e. The first-order valence-electron chi connectivity index (χ1n) is 7.63. The average molecular weight is 303 g/mol. The smallest absolute Gasteiger partial charge is 0.321 e. The van der Waals surface area contributed by atoms with Crippen molar-refractivity contribution in [2.45, 2.75) is 39.3 Å². The first-order chi connectivity index (χ1) is 10.3. The van der Waals surface area contributed by atoms with Crippen LogP contribution in [0.2, 0.25) is 0 Å². The quantitative estimate of drug-likeness (QED) is 0.890. The Bertz CT molecular complexity index is 655. The molecular formula is C17H25N3O2.